The van der Waals surface area contributed by atoms with Gasteiger partial charge in [0.2, 0.25) is 0 Å². The van der Waals surface area contributed by atoms with Crippen molar-refractivity contribution in [2.45, 2.75) is 13.5 Å². The summed E-state index contributed by atoms with van der Waals surface area (Å²) in [5, 5.41) is 3.34. The van der Waals surface area contributed by atoms with E-state index in [2.05, 4.69) is 13.3 Å². The number of aryl methyl sites for hydroxylation is 1. The molecule has 1 heterocycles. The van der Waals surface area contributed by atoms with Gasteiger partial charge in [0.05, 0.1) is 0 Å². The summed E-state index contributed by atoms with van der Waals surface area (Å²) in [7, 11) is 0. The summed E-state index contributed by atoms with van der Waals surface area (Å²) in [6, 6.07) is 11.1. The number of anilines is 1. The van der Waals surface area contributed by atoms with Crippen molar-refractivity contribution in [1.82, 2.24) is 7.96 Å². The summed E-state index contributed by atoms with van der Waals surface area (Å²) >= 11 is -0.0212. The van der Waals surface area contributed by atoms with Crippen LogP contribution in [0.5, 0.6) is 0 Å². The van der Waals surface area contributed by atoms with Crippen molar-refractivity contribution in [3.63, 3.8) is 0 Å². The molecule has 0 atom stereocenters. The van der Waals surface area contributed by atoms with Gasteiger partial charge in [0, 0.05) is 0 Å². The number of halogens is 1. The fourth-order valence-corrected chi connectivity index (χ4v) is 3.12. The number of nitrogens with one attached hydrogen (secondary N) is 1. The summed E-state index contributed by atoms with van der Waals surface area (Å²) in [4.78, 5) is 0. The van der Waals surface area contributed by atoms with E-state index in [4.69, 9.17) is 0 Å². The monoisotopic (exact) mass is 321 g/mol. The molecule has 19 heavy (non-hydrogen) atoms. The van der Waals surface area contributed by atoms with Crippen molar-refractivity contribution in [2.75, 3.05) is 5.32 Å². The molecule has 2 aromatic carbocycles. The van der Waals surface area contributed by atoms with E-state index in [0.29, 0.717) is 12.1 Å². The standard InChI is InChI=1S/C14H12FN3Se/c1-9-7-10(5-6-11(9)15)8-16-12-3-2-4-13-14(12)18-19-17-13/h2-7,16H,8H2,1H3. The van der Waals surface area contributed by atoms with Crippen molar-refractivity contribution in [2.24, 2.45) is 0 Å². The predicted octanol–water partition coefficient (Wildman–Crippen LogP) is 2.75. The molecule has 0 radical (unpaired) electrons. The maximum atomic E-state index is 13.2. The van der Waals surface area contributed by atoms with E-state index in [0.717, 1.165) is 22.3 Å². The molecule has 0 aliphatic rings. The summed E-state index contributed by atoms with van der Waals surface area (Å²) in [5.74, 6) is -0.166. The Labute approximate surface area is 116 Å². The topological polar surface area (TPSA) is 37.8 Å². The van der Waals surface area contributed by atoms with Gasteiger partial charge >= 0.3 is 116 Å². The van der Waals surface area contributed by atoms with Gasteiger partial charge < -0.3 is 0 Å². The average molecular weight is 320 g/mol. The van der Waals surface area contributed by atoms with Gasteiger partial charge in [-0.2, -0.15) is 0 Å². The van der Waals surface area contributed by atoms with Crippen LogP contribution < -0.4 is 5.32 Å². The van der Waals surface area contributed by atoms with Crippen LogP contribution in [-0.2, 0) is 6.54 Å². The van der Waals surface area contributed by atoms with Crippen LogP contribution in [0.25, 0.3) is 11.0 Å². The molecule has 3 nitrogen and oxygen atoms in total. The third kappa shape index (κ3) is 2.53. The van der Waals surface area contributed by atoms with Gasteiger partial charge in [-0.25, -0.2) is 0 Å². The van der Waals surface area contributed by atoms with E-state index in [-0.39, 0.29) is 20.8 Å². The van der Waals surface area contributed by atoms with Crippen LogP contribution >= 0.6 is 0 Å². The van der Waals surface area contributed by atoms with Crippen LogP contribution in [-0.4, -0.2) is 22.9 Å². The van der Waals surface area contributed by atoms with Crippen molar-refractivity contribution in [3.05, 3.63) is 53.3 Å². The molecule has 3 aromatic rings. The van der Waals surface area contributed by atoms with Crippen LogP contribution in [0, 0.1) is 12.7 Å². The van der Waals surface area contributed by atoms with Crippen LogP contribution in [0.4, 0.5) is 10.1 Å². The Kier molecular flexibility index (Phi) is 3.32. The van der Waals surface area contributed by atoms with Gasteiger partial charge in [0.25, 0.3) is 0 Å². The first-order valence-electron chi connectivity index (χ1n) is 5.94. The number of benzene rings is 2. The number of aromatic nitrogens is 2. The molecule has 0 fully saturated rings. The zero-order valence-corrected chi connectivity index (χ0v) is 12.1. The van der Waals surface area contributed by atoms with Crippen molar-refractivity contribution in [1.29, 1.82) is 0 Å². The SMILES string of the molecule is Cc1cc(CNc2cccc3n[se]nc23)ccc1F. The van der Waals surface area contributed by atoms with Crippen molar-refractivity contribution in [3.8, 4) is 0 Å². The second-order valence-electron chi connectivity index (χ2n) is 4.37. The zero-order valence-electron chi connectivity index (χ0n) is 10.4. The van der Waals surface area contributed by atoms with Gasteiger partial charge in [-0.1, -0.05) is 0 Å². The molecule has 0 amide bonds. The molecule has 0 aliphatic heterocycles. The van der Waals surface area contributed by atoms with Crippen LogP contribution in [0.1, 0.15) is 11.1 Å². The molecule has 1 N–H and O–H groups in total. The van der Waals surface area contributed by atoms with Crippen molar-refractivity contribution < 1.29 is 4.39 Å². The first-order valence-corrected chi connectivity index (χ1v) is 7.47. The first kappa shape index (κ1) is 12.3. The number of rotatable bonds is 3. The van der Waals surface area contributed by atoms with E-state index in [1.165, 1.54) is 6.07 Å². The molecular formula is C14H12FN3Se. The minimum absolute atomic E-state index is 0.0212. The second-order valence-corrected chi connectivity index (χ2v) is 5.48. The van der Waals surface area contributed by atoms with Crippen LogP contribution in [0.3, 0.4) is 0 Å². The zero-order chi connectivity index (χ0) is 13.2. The molecule has 0 saturated heterocycles. The number of fused-ring (bicyclic) bond motifs is 1. The number of nitrogens with zero attached hydrogens (tertiary/aromatic N) is 2. The van der Waals surface area contributed by atoms with Gasteiger partial charge in [-0.05, 0) is 0 Å². The Hall–Kier alpha value is -1.71. The molecule has 96 valence electrons. The summed E-state index contributed by atoms with van der Waals surface area (Å²) in [6.07, 6.45) is 0. The van der Waals surface area contributed by atoms with Gasteiger partial charge in [0.1, 0.15) is 0 Å². The fraction of sp³-hybridized carbons (Fsp3) is 0.143. The number of hydrogen-bond donors (Lipinski definition) is 1. The average Bonchev–Trinajstić information content (AvgIpc) is 2.89. The normalized spacial score (nSPS) is 10.8. The van der Waals surface area contributed by atoms with Gasteiger partial charge in [-0.3, -0.25) is 0 Å². The summed E-state index contributed by atoms with van der Waals surface area (Å²) in [6.45, 7) is 2.43. The molecule has 5 heteroatoms. The van der Waals surface area contributed by atoms with E-state index in [9.17, 15) is 4.39 Å². The Morgan fingerprint density at radius 3 is 2.95 bits per heavy atom. The van der Waals surface area contributed by atoms with Crippen LogP contribution in [0.2, 0.25) is 0 Å². The van der Waals surface area contributed by atoms with Gasteiger partial charge in [-0.15, -0.1) is 0 Å². The minimum atomic E-state index is -0.166. The molecule has 1 aromatic heterocycles. The molecule has 3 rings (SSSR count). The van der Waals surface area contributed by atoms with Gasteiger partial charge in [0.15, 0.2) is 0 Å². The quantitative estimate of drug-likeness (QED) is 0.754. The predicted molar refractivity (Wildman–Crippen MR) is 74.9 cm³/mol. The summed E-state index contributed by atoms with van der Waals surface area (Å²) in [5.41, 5.74) is 4.61. The molecule has 0 bridgehead atoms. The van der Waals surface area contributed by atoms with E-state index < -0.39 is 0 Å². The molecule has 0 aliphatic carbocycles. The fourth-order valence-electron chi connectivity index (χ4n) is 1.96. The van der Waals surface area contributed by atoms with E-state index >= 15 is 0 Å². The molecular weight excluding hydrogens is 308 g/mol. The first-order chi connectivity index (χ1) is 9.24. The molecule has 0 saturated carbocycles. The summed E-state index contributed by atoms with van der Waals surface area (Å²) < 4.78 is 22.0. The Balaban J connectivity index is 1.82. The Morgan fingerprint density at radius 2 is 2.11 bits per heavy atom. The number of hydrogen-bond acceptors (Lipinski definition) is 3. The van der Waals surface area contributed by atoms with E-state index in [1.807, 2.05) is 24.3 Å². The third-order valence-corrected chi connectivity index (χ3v) is 4.13. The van der Waals surface area contributed by atoms with Crippen LogP contribution in [0.15, 0.2) is 36.4 Å². The molecule has 0 unspecified atom stereocenters. The third-order valence-electron chi connectivity index (χ3n) is 2.99. The Bertz CT molecular complexity index is 724. The van der Waals surface area contributed by atoms with Crippen molar-refractivity contribution >= 4 is 31.7 Å². The second kappa shape index (κ2) is 5.11. The Morgan fingerprint density at radius 1 is 1.21 bits per heavy atom. The molecule has 0 spiro atoms. The maximum absolute atomic E-state index is 13.2. The van der Waals surface area contributed by atoms with E-state index in [1.54, 1.807) is 13.0 Å².